The van der Waals surface area contributed by atoms with Crippen molar-refractivity contribution in [1.82, 2.24) is 9.80 Å². The van der Waals surface area contributed by atoms with Crippen molar-refractivity contribution in [3.63, 3.8) is 0 Å². The zero-order chi connectivity index (χ0) is 16.8. The first-order valence-corrected chi connectivity index (χ1v) is 8.71. The number of nitrogens with zero attached hydrogens (tertiary/aromatic N) is 2. The molecule has 2 saturated heterocycles. The van der Waals surface area contributed by atoms with E-state index in [4.69, 9.17) is 15.9 Å². The Morgan fingerprint density at radius 3 is 2.62 bits per heavy atom. The molecule has 1 aromatic rings. The Morgan fingerprint density at radius 1 is 1.25 bits per heavy atom. The van der Waals surface area contributed by atoms with Crippen LogP contribution in [0.1, 0.15) is 31.2 Å². The molecule has 0 bridgehead atoms. The van der Waals surface area contributed by atoms with E-state index < -0.39 is 0 Å². The third kappa shape index (κ3) is 2.45. The number of likely N-dealkylation sites (N-methyl/N-ethyl adjacent to an activating group) is 1. The maximum atomic E-state index is 12.6. The van der Waals surface area contributed by atoms with Crippen molar-refractivity contribution in [2.24, 2.45) is 0 Å². The largest absolute Gasteiger partial charge is 0.490 e. The van der Waals surface area contributed by atoms with Crippen LogP contribution in [-0.2, 0) is 4.79 Å². The number of nitrogen functional groups attached to an aromatic ring is 1. The summed E-state index contributed by atoms with van der Waals surface area (Å²) in [6, 6.07) is 6.04. The number of ether oxygens (including phenoxy) is 1. The number of hydrogen-bond donors (Lipinski definition) is 2. The van der Waals surface area contributed by atoms with Crippen LogP contribution in [0.4, 0.5) is 5.69 Å². The van der Waals surface area contributed by atoms with Crippen LogP contribution in [-0.4, -0.2) is 59.7 Å². The van der Waals surface area contributed by atoms with E-state index in [9.17, 15) is 4.79 Å². The number of likely N-dealkylation sites (tertiary alicyclic amines) is 2. The molecule has 1 saturated carbocycles. The molecule has 0 spiro atoms. The number of fused-ring (bicyclic) bond motifs is 1. The second kappa shape index (κ2) is 5.77. The Morgan fingerprint density at radius 2 is 2.00 bits per heavy atom. The summed E-state index contributed by atoms with van der Waals surface area (Å²) >= 11 is 0. The number of carbonyl (C=O) groups is 1. The summed E-state index contributed by atoms with van der Waals surface area (Å²) < 4.78 is 5.98. The van der Waals surface area contributed by atoms with Crippen molar-refractivity contribution in [2.75, 3.05) is 25.9 Å². The number of nitrogens with one attached hydrogen (secondary N) is 1. The SMILES string of the molecule is CN1CC2C1CN2C(=O)C(=N)c1cc(OC2CCCC2)ccc1N. The van der Waals surface area contributed by atoms with E-state index in [0.29, 0.717) is 29.6 Å². The van der Waals surface area contributed by atoms with E-state index in [-0.39, 0.29) is 23.8 Å². The van der Waals surface area contributed by atoms with Crippen LogP contribution in [0.3, 0.4) is 0 Å². The predicted octanol–water partition coefficient (Wildman–Crippen LogP) is 1.48. The average Bonchev–Trinajstić information content (AvgIpc) is 3.06. The highest BCUT2D eigenvalue weighted by Crippen LogP contribution is 2.33. The lowest BCUT2D eigenvalue weighted by molar-refractivity contribution is -0.154. The van der Waals surface area contributed by atoms with Crippen LogP contribution in [0.2, 0.25) is 0 Å². The fraction of sp³-hybridized carbons (Fsp3) is 0.556. The minimum absolute atomic E-state index is 0.0302. The lowest BCUT2D eigenvalue weighted by atomic mass is 9.85. The summed E-state index contributed by atoms with van der Waals surface area (Å²) in [4.78, 5) is 16.6. The van der Waals surface area contributed by atoms with Crippen molar-refractivity contribution in [2.45, 2.75) is 43.9 Å². The molecule has 3 N–H and O–H groups in total. The monoisotopic (exact) mass is 328 g/mol. The number of amides is 1. The van der Waals surface area contributed by atoms with Gasteiger partial charge in [-0.3, -0.25) is 15.1 Å². The van der Waals surface area contributed by atoms with Gasteiger partial charge in [0.05, 0.1) is 12.1 Å². The average molecular weight is 328 g/mol. The van der Waals surface area contributed by atoms with Crippen molar-refractivity contribution < 1.29 is 9.53 Å². The van der Waals surface area contributed by atoms with Gasteiger partial charge >= 0.3 is 0 Å². The maximum absolute atomic E-state index is 12.6. The standard InChI is InChI=1S/C18H24N4O2/c1-21-9-16-15(21)10-22(16)18(23)17(20)13-8-12(6-7-14(13)19)24-11-4-2-3-5-11/h6-8,11,15-16,20H,2-5,9-10,19H2,1H3. The molecule has 3 fully saturated rings. The maximum Gasteiger partial charge on any atom is 0.272 e. The molecule has 24 heavy (non-hydrogen) atoms. The first-order chi connectivity index (χ1) is 11.5. The van der Waals surface area contributed by atoms with Gasteiger partial charge in [0.2, 0.25) is 0 Å². The van der Waals surface area contributed by atoms with Gasteiger partial charge in [0.1, 0.15) is 11.5 Å². The molecule has 0 aromatic heterocycles. The molecule has 0 radical (unpaired) electrons. The summed E-state index contributed by atoms with van der Waals surface area (Å²) in [6.45, 7) is 1.60. The second-order valence-corrected chi connectivity index (χ2v) is 7.18. The van der Waals surface area contributed by atoms with Gasteiger partial charge in [0.25, 0.3) is 5.91 Å². The van der Waals surface area contributed by atoms with Crippen LogP contribution in [0.15, 0.2) is 18.2 Å². The molecule has 1 amide bonds. The Hall–Kier alpha value is -2.08. The van der Waals surface area contributed by atoms with E-state index in [1.54, 1.807) is 17.0 Å². The van der Waals surface area contributed by atoms with Gasteiger partial charge in [-0.2, -0.15) is 0 Å². The van der Waals surface area contributed by atoms with Gasteiger partial charge in [-0.1, -0.05) is 0 Å². The molecule has 2 atom stereocenters. The molecular formula is C18H24N4O2. The quantitative estimate of drug-likeness (QED) is 0.648. The summed E-state index contributed by atoms with van der Waals surface area (Å²) in [5, 5.41) is 8.32. The molecule has 3 aliphatic rings. The molecule has 6 heteroatoms. The van der Waals surface area contributed by atoms with Crippen LogP contribution in [0.5, 0.6) is 5.75 Å². The molecule has 1 aliphatic carbocycles. The third-order valence-electron chi connectivity index (χ3n) is 5.64. The van der Waals surface area contributed by atoms with Crippen LogP contribution in [0, 0.1) is 5.41 Å². The van der Waals surface area contributed by atoms with Crippen molar-refractivity contribution in [3.05, 3.63) is 23.8 Å². The highest BCUT2D eigenvalue weighted by atomic mass is 16.5. The van der Waals surface area contributed by atoms with Crippen molar-refractivity contribution in [3.8, 4) is 5.75 Å². The molecule has 4 rings (SSSR count). The van der Waals surface area contributed by atoms with Gasteiger partial charge < -0.3 is 15.4 Å². The number of carbonyl (C=O) groups excluding carboxylic acids is 1. The molecule has 2 aliphatic heterocycles. The number of nitrogens with two attached hydrogens (primary N) is 1. The normalized spacial score (nSPS) is 26.5. The topological polar surface area (TPSA) is 82.7 Å². The highest BCUT2D eigenvalue weighted by Gasteiger charge is 2.52. The summed E-state index contributed by atoms with van der Waals surface area (Å²) in [5.74, 6) is 0.475. The molecule has 2 heterocycles. The Labute approximate surface area is 142 Å². The summed E-state index contributed by atoms with van der Waals surface area (Å²) in [6.07, 6.45) is 4.79. The van der Waals surface area contributed by atoms with Crippen LogP contribution in [0.25, 0.3) is 0 Å². The molecule has 1 aromatic carbocycles. The fourth-order valence-electron chi connectivity index (χ4n) is 3.99. The minimum Gasteiger partial charge on any atom is -0.490 e. The smallest absolute Gasteiger partial charge is 0.272 e. The molecular weight excluding hydrogens is 304 g/mol. The van der Waals surface area contributed by atoms with Gasteiger partial charge in [-0.15, -0.1) is 0 Å². The third-order valence-corrected chi connectivity index (χ3v) is 5.64. The molecule has 2 unspecified atom stereocenters. The van der Waals surface area contributed by atoms with E-state index >= 15 is 0 Å². The molecule has 128 valence electrons. The van der Waals surface area contributed by atoms with E-state index in [1.165, 1.54) is 12.8 Å². The second-order valence-electron chi connectivity index (χ2n) is 7.18. The van der Waals surface area contributed by atoms with E-state index in [1.807, 2.05) is 6.07 Å². The van der Waals surface area contributed by atoms with Crippen molar-refractivity contribution >= 4 is 17.3 Å². The molecule has 6 nitrogen and oxygen atoms in total. The predicted molar refractivity (Wildman–Crippen MR) is 92.5 cm³/mol. The number of piperazine rings is 1. The van der Waals surface area contributed by atoms with Gasteiger partial charge in [-0.05, 0) is 50.9 Å². The Bertz CT molecular complexity index is 684. The summed E-state index contributed by atoms with van der Waals surface area (Å²) in [7, 11) is 2.07. The number of anilines is 1. The van der Waals surface area contributed by atoms with Gasteiger partial charge in [-0.25, -0.2) is 0 Å². The minimum atomic E-state index is -0.228. The van der Waals surface area contributed by atoms with Crippen LogP contribution < -0.4 is 10.5 Å². The van der Waals surface area contributed by atoms with Gasteiger partial charge in [0.15, 0.2) is 0 Å². The van der Waals surface area contributed by atoms with E-state index in [2.05, 4.69) is 11.9 Å². The highest BCUT2D eigenvalue weighted by molar-refractivity contribution is 6.45. The first kappa shape index (κ1) is 15.4. The Kier molecular flexibility index (Phi) is 3.72. The number of benzene rings is 1. The lowest BCUT2D eigenvalue weighted by Crippen LogP contribution is -2.79. The zero-order valence-corrected chi connectivity index (χ0v) is 14.0. The first-order valence-electron chi connectivity index (χ1n) is 8.71. The fourth-order valence-corrected chi connectivity index (χ4v) is 3.99. The number of hydrogen-bond acceptors (Lipinski definition) is 5. The Balaban J connectivity index is 1.48. The summed E-state index contributed by atoms with van der Waals surface area (Å²) in [5.41, 5.74) is 6.92. The van der Waals surface area contributed by atoms with Gasteiger partial charge in [0, 0.05) is 30.4 Å². The lowest BCUT2D eigenvalue weighted by Gasteiger charge is -2.60. The van der Waals surface area contributed by atoms with Crippen LogP contribution >= 0.6 is 0 Å². The number of rotatable bonds is 4. The van der Waals surface area contributed by atoms with Crippen molar-refractivity contribution in [1.29, 1.82) is 5.41 Å². The zero-order valence-electron chi connectivity index (χ0n) is 14.0. The van der Waals surface area contributed by atoms with E-state index in [0.717, 1.165) is 19.4 Å².